The molecule has 25 heavy (non-hydrogen) atoms. The second kappa shape index (κ2) is 7.08. The van der Waals surface area contributed by atoms with Crippen molar-refractivity contribution in [3.05, 3.63) is 48.3 Å². The normalized spacial score (nSPS) is 12.8. The zero-order valence-electron chi connectivity index (χ0n) is 13.0. The molecule has 0 spiro atoms. The van der Waals surface area contributed by atoms with Crippen LogP contribution in [0, 0.1) is 5.82 Å². The van der Waals surface area contributed by atoms with Crippen LogP contribution in [-0.2, 0) is 14.8 Å². The molecule has 2 aromatic rings. The summed E-state index contributed by atoms with van der Waals surface area (Å²) in [5, 5.41) is 2.65. The first-order valence-corrected chi connectivity index (χ1v) is 8.87. The molecule has 2 aromatic carbocycles. The summed E-state index contributed by atoms with van der Waals surface area (Å²) in [5.41, 5.74) is 0.524. The van der Waals surface area contributed by atoms with Crippen molar-refractivity contribution in [3.8, 4) is 11.5 Å². The molecule has 3 rings (SSSR count). The van der Waals surface area contributed by atoms with Gasteiger partial charge in [0.1, 0.15) is 5.82 Å². The average Bonchev–Trinajstić information content (AvgIpc) is 3.02. The summed E-state index contributed by atoms with van der Waals surface area (Å²) in [7, 11) is -3.79. The molecule has 0 bridgehead atoms. The van der Waals surface area contributed by atoms with Crippen LogP contribution in [0.25, 0.3) is 0 Å². The highest BCUT2D eigenvalue weighted by Gasteiger charge is 2.16. The van der Waals surface area contributed by atoms with Crippen molar-refractivity contribution in [1.29, 1.82) is 0 Å². The van der Waals surface area contributed by atoms with Crippen molar-refractivity contribution in [2.45, 2.75) is 11.3 Å². The lowest BCUT2D eigenvalue weighted by Crippen LogP contribution is -2.27. The van der Waals surface area contributed by atoms with Crippen LogP contribution in [0.2, 0.25) is 0 Å². The molecule has 7 nitrogen and oxygen atoms in total. The van der Waals surface area contributed by atoms with E-state index in [4.69, 9.17) is 9.47 Å². The lowest BCUT2D eigenvalue weighted by molar-refractivity contribution is -0.116. The van der Waals surface area contributed by atoms with E-state index in [0.29, 0.717) is 17.2 Å². The number of halogens is 1. The van der Waals surface area contributed by atoms with Gasteiger partial charge in [0.25, 0.3) is 0 Å². The number of hydrogen-bond donors (Lipinski definition) is 2. The third-order valence-corrected chi connectivity index (χ3v) is 4.90. The largest absolute Gasteiger partial charge is 0.454 e. The van der Waals surface area contributed by atoms with Gasteiger partial charge in [0.2, 0.25) is 22.7 Å². The quantitative estimate of drug-likeness (QED) is 0.814. The molecule has 1 aliphatic heterocycles. The number of fused-ring (bicyclic) bond motifs is 1. The number of ether oxygens (including phenoxy) is 2. The Labute approximate surface area is 143 Å². The van der Waals surface area contributed by atoms with Crippen molar-refractivity contribution in [3.63, 3.8) is 0 Å². The summed E-state index contributed by atoms with van der Waals surface area (Å²) in [5.74, 6) is 0.252. The summed E-state index contributed by atoms with van der Waals surface area (Å²) >= 11 is 0. The molecule has 0 aliphatic carbocycles. The highest BCUT2D eigenvalue weighted by atomic mass is 32.2. The van der Waals surface area contributed by atoms with Gasteiger partial charge in [-0.15, -0.1) is 0 Å². The monoisotopic (exact) mass is 366 g/mol. The van der Waals surface area contributed by atoms with Gasteiger partial charge < -0.3 is 14.8 Å². The van der Waals surface area contributed by atoms with E-state index in [-0.39, 0.29) is 30.6 Å². The molecular weight excluding hydrogens is 351 g/mol. The first-order chi connectivity index (χ1) is 11.9. The molecule has 2 N–H and O–H groups in total. The number of carbonyl (C=O) groups is 1. The van der Waals surface area contributed by atoms with Crippen LogP contribution in [0.5, 0.6) is 11.5 Å². The molecule has 0 unspecified atom stereocenters. The predicted octanol–water partition coefficient (Wildman–Crippen LogP) is 1.86. The smallest absolute Gasteiger partial charge is 0.240 e. The molecule has 0 aromatic heterocycles. The zero-order valence-corrected chi connectivity index (χ0v) is 13.8. The van der Waals surface area contributed by atoms with E-state index in [1.165, 1.54) is 0 Å². The number of carbonyl (C=O) groups excluding carboxylic acids is 1. The van der Waals surface area contributed by atoms with Gasteiger partial charge >= 0.3 is 0 Å². The number of hydrogen-bond acceptors (Lipinski definition) is 5. The molecular formula is C16H15FN2O5S. The van der Waals surface area contributed by atoms with Crippen LogP contribution in [0.1, 0.15) is 6.42 Å². The zero-order chi connectivity index (χ0) is 17.9. The Kier molecular flexibility index (Phi) is 4.86. The molecule has 1 heterocycles. The summed E-state index contributed by atoms with van der Waals surface area (Å²) in [4.78, 5) is 11.8. The van der Waals surface area contributed by atoms with E-state index in [2.05, 4.69) is 10.0 Å². The minimum Gasteiger partial charge on any atom is -0.454 e. The van der Waals surface area contributed by atoms with Crippen LogP contribution in [0.4, 0.5) is 10.1 Å². The van der Waals surface area contributed by atoms with Crippen molar-refractivity contribution in [2.24, 2.45) is 0 Å². The van der Waals surface area contributed by atoms with Crippen molar-refractivity contribution in [1.82, 2.24) is 4.72 Å². The van der Waals surface area contributed by atoms with E-state index >= 15 is 0 Å². The Morgan fingerprint density at radius 1 is 1.08 bits per heavy atom. The molecule has 0 saturated heterocycles. The standard InChI is InChI=1S/C16H15FN2O5S/c17-11-1-4-13(5-2-11)25(21,22)18-8-7-16(20)19-12-3-6-14-15(9-12)24-10-23-14/h1-6,9,18H,7-8,10H2,(H,19,20). The van der Waals surface area contributed by atoms with Gasteiger partial charge in [-0.25, -0.2) is 17.5 Å². The van der Waals surface area contributed by atoms with Crippen LogP contribution in [0.3, 0.4) is 0 Å². The Bertz CT molecular complexity index is 884. The predicted molar refractivity (Wildman–Crippen MR) is 87.4 cm³/mol. The SMILES string of the molecule is O=C(CCNS(=O)(=O)c1ccc(F)cc1)Nc1ccc2c(c1)OCO2. The molecule has 0 fully saturated rings. The fraction of sp³-hybridized carbons (Fsp3) is 0.188. The Morgan fingerprint density at radius 2 is 1.80 bits per heavy atom. The number of benzene rings is 2. The van der Waals surface area contributed by atoms with Crippen molar-refractivity contribution in [2.75, 3.05) is 18.7 Å². The van der Waals surface area contributed by atoms with Crippen LogP contribution >= 0.6 is 0 Å². The highest BCUT2D eigenvalue weighted by molar-refractivity contribution is 7.89. The minimum absolute atomic E-state index is 0.0606. The van der Waals surface area contributed by atoms with E-state index in [1.54, 1.807) is 18.2 Å². The van der Waals surface area contributed by atoms with E-state index < -0.39 is 15.8 Å². The van der Waals surface area contributed by atoms with E-state index in [0.717, 1.165) is 24.3 Å². The second-order valence-corrected chi connectivity index (χ2v) is 6.98. The minimum atomic E-state index is -3.79. The topological polar surface area (TPSA) is 93.7 Å². The summed E-state index contributed by atoms with van der Waals surface area (Å²) in [6.45, 7) is 0.0496. The number of sulfonamides is 1. The van der Waals surface area contributed by atoms with Gasteiger partial charge in [-0.1, -0.05) is 0 Å². The number of nitrogens with one attached hydrogen (secondary N) is 2. The van der Waals surface area contributed by atoms with Crippen molar-refractivity contribution < 1.29 is 27.1 Å². The molecule has 1 amide bonds. The Morgan fingerprint density at radius 3 is 2.56 bits per heavy atom. The fourth-order valence-corrected chi connectivity index (χ4v) is 3.23. The first-order valence-electron chi connectivity index (χ1n) is 7.39. The maximum absolute atomic E-state index is 12.8. The second-order valence-electron chi connectivity index (χ2n) is 5.22. The van der Waals surface area contributed by atoms with Gasteiger partial charge in [0.05, 0.1) is 4.90 Å². The maximum atomic E-state index is 12.8. The summed E-state index contributed by atoms with van der Waals surface area (Å²) < 4.78 is 49.6. The fourth-order valence-electron chi connectivity index (χ4n) is 2.19. The maximum Gasteiger partial charge on any atom is 0.240 e. The van der Waals surface area contributed by atoms with Crippen LogP contribution < -0.4 is 19.5 Å². The van der Waals surface area contributed by atoms with Gasteiger partial charge in [0, 0.05) is 24.7 Å². The first kappa shape index (κ1) is 17.2. The van der Waals surface area contributed by atoms with Crippen LogP contribution in [0.15, 0.2) is 47.4 Å². The average molecular weight is 366 g/mol. The van der Waals surface area contributed by atoms with Gasteiger partial charge in [-0.3, -0.25) is 4.79 Å². The highest BCUT2D eigenvalue weighted by Crippen LogP contribution is 2.34. The van der Waals surface area contributed by atoms with Crippen molar-refractivity contribution >= 4 is 21.6 Å². The molecule has 0 radical (unpaired) electrons. The number of rotatable bonds is 6. The molecule has 132 valence electrons. The molecule has 0 saturated carbocycles. The lowest BCUT2D eigenvalue weighted by atomic mass is 10.2. The Balaban J connectivity index is 1.51. The molecule has 1 aliphatic rings. The van der Waals surface area contributed by atoms with Gasteiger partial charge in [-0.05, 0) is 36.4 Å². The summed E-state index contributed by atoms with van der Waals surface area (Å²) in [6.07, 6.45) is -0.0606. The Hall–Kier alpha value is -2.65. The number of amides is 1. The van der Waals surface area contributed by atoms with Crippen LogP contribution in [-0.4, -0.2) is 27.7 Å². The van der Waals surface area contributed by atoms with Gasteiger partial charge in [0.15, 0.2) is 11.5 Å². The van der Waals surface area contributed by atoms with Gasteiger partial charge in [-0.2, -0.15) is 0 Å². The molecule has 9 heteroatoms. The number of anilines is 1. The van der Waals surface area contributed by atoms with E-state index in [1.807, 2.05) is 0 Å². The lowest BCUT2D eigenvalue weighted by Gasteiger charge is -2.08. The summed E-state index contributed by atoms with van der Waals surface area (Å²) in [6, 6.07) is 9.39. The third-order valence-electron chi connectivity index (χ3n) is 3.42. The third kappa shape index (κ3) is 4.25. The molecule has 0 atom stereocenters. The van der Waals surface area contributed by atoms with E-state index in [9.17, 15) is 17.6 Å².